The van der Waals surface area contributed by atoms with Crippen LogP contribution in [0.25, 0.3) is 0 Å². The predicted molar refractivity (Wildman–Crippen MR) is 81.3 cm³/mol. The van der Waals surface area contributed by atoms with Gasteiger partial charge in [0.2, 0.25) is 11.8 Å². The van der Waals surface area contributed by atoms with Crippen molar-refractivity contribution in [1.82, 2.24) is 15.0 Å². The molecule has 2 heterocycles. The van der Waals surface area contributed by atoms with E-state index in [-0.39, 0.29) is 23.5 Å². The Morgan fingerprint density at radius 1 is 1.45 bits per heavy atom. The van der Waals surface area contributed by atoms with E-state index in [0.717, 1.165) is 12.8 Å². The molecule has 0 saturated carbocycles. The van der Waals surface area contributed by atoms with Crippen LogP contribution in [0.2, 0.25) is 0 Å². The molecule has 1 aliphatic rings. The molecule has 1 aliphatic heterocycles. The maximum Gasteiger partial charge on any atom is 0.237 e. The van der Waals surface area contributed by atoms with Crippen LogP contribution < -0.4 is 0 Å². The van der Waals surface area contributed by atoms with Crippen LogP contribution in [0.4, 0.5) is 0 Å². The monoisotopic (exact) mass is 329 g/mol. The molecule has 124 valence electrons. The minimum Gasteiger partial charge on any atom is -0.341 e. The summed E-state index contributed by atoms with van der Waals surface area (Å²) in [5.74, 6) is 0.611. The van der Waals surface area contributed by atoms with Gasteiger partial charge in [-0.1, -0.05) is 25.9 Å². The lowest BCUT2D eigenvalue weighted by Crippen LogP contribution is -2.42. The first-order chi connectivity index (χ1) is 10.3. The van der Waals surface area contributed by atoms with Gasteiger partial charge in [-0.3, -0.25) is 4.79 Å². The fourth-order valence-electron chi connectivity index (χ4n) is 2.44. The van der Waals surface area contributed by atoms with Crippen molar-refractivity contribution in [2.75, 3.05) is 24.6 Å². The minimum absolute atomic E-state index is 0.0123. The quantitative estimate of drug-likeness (QED) is 0.809. The number of rotatable bonds is 5. The summed E-state index contributed by atoms with van der Waals surface area (Å²) < 4.78 is 28.4. The van der Waals surface area contributed by atoms with Crippen molar-refractivity contribution in [2.45, 2.75) is 45.4 Å². The first-order valence-corrected chi connectivity index (χ1v) is 9.46. The second-order valence-corrected chi connectivity index (χ2v) is 8.35. The molecule has 0 aliphatic carbocycles. The van der Waals surface area contributed by atoms with E-state index < -0.39 is 15.6 Å². The molecule has 1 amide bonds. The molecule has 0 bridgehead atoms. The molecule has 1 atom stereocenters. The third-order valence-corrected chi connectivity index (χ3v) is 5.44. The SMILES string of the molecule is CCS(=O)(=O)CC(=O)N1CCC[C@@H](c2noc(C(C)C)n2)C1. The van der Waals surface area contributed by atoms with Crippen LogP contribution in [-0.4, -0.2) is 54.0 Å². The fraction of sp³-hybridized carbons (Fsp3) is 0.786. The molecule has 0 radical (unpaired) electrons. The Labute approximate surface area is 131 Å². The Morgan fingerprint density at radius 2 is 2.18 bits per heavy atom. The largest absolute Gasteiger partial charge is 0.341 e. The summed E-state index contributed by atoms with van der Waals surface area (Å²) in [6.07, 6.45) is 1.69. The molecule has 22 heavy (non-hydrogen) atoms. The Hall–Kier alpha value is -1.44. The number of hydrogen-bond acceptors (Lipinski definition) is 6. The lowest BCUT2D eigenvalue weighted by Gasteiger charge is -2.31. The summed E-state index contributed by atoms with van der Waals surface area (Å²) >= 11 is 0. The van der Waals surface area contributed by atoms with Crippen LogP contribution >= 0.6 is 0 Å². The molecule has 1 fully saturated rings. The van der Waals surface area contributed by atoms with Gasteiger partial charge in [0, 0.05) is 30.7 Å². The Kier molecular flexibility index (Phi) is 5.20. The number of carbonyl (C=O) groups is 1. The highest BCUT2D eigenvalue weighted by Gasteiger charge is 2.29. The number of aromatic nitrogens is 2. The molecular formula is C14H23N3O4S. The van der Waals surface area contributed by atoms with E-state index in [1.54, 1.807) is 11.8 Å². The van der Waals surface area contributed by atoms with Gasteiger partial charge in [0.1, 0.15) is 5.75 Å². The first kappa shape index (κ1) is 16.9. The predicted octanol–water partition coefficient (Wildman–Crippen LogP) is 1.33. The standard InChI is InChI=1S/C14H23N3O4S/c1-4-22(19,20)9-12(18)17-7-5-6-11(8-17)13-15-14(10(2)3)21-16-13/h10-11H,4-9H2,1-3H3/t11-/m1/s1. The minimum atomic E-state index is -3.30. The van der Waals surface area contributed by atoms with Gasteiger partial charge in [0.05, 0.1) is 0 Å². The number of piperidine rings is 1. The molecule has 1 saturated heterocycles. The zero-order chi connectivity index (χ0) is 16.3. The second-order valence-electron chi connectivity index (χ2n) is 6.00. The van der Waals surface area contributed by atoms with Crippen molar-refractivity contribution >= 4 is 15.7 Å². The van der Waals surface area contributed by atoms with Gasteiger partial charge in [-0.2, -0.15) is 4.98 Å². The van der Waals surface area contributed by atoms with Gasteiger partial charge in [-0.25, -0.2) is 8.42 Å². The van der Waals surface area contributed by atoms with Crippen LogP contribution in [0.3, 0.4) is 0 Å². The Balaban J connectivity index is 2.03. The van der Waals surface area contributed by atoms with Crippen molar-refractivity contribution in [3.63, 3.8) is 0 Å². The van der Waals surface area contributed by atoms with E-state index >= 15 is 0 Å². The van der Waals surface area contributed by atoms with Crippen molar-refractivity contribution in [3.05, 3.63) is 11.7 Å². The van der Waals surface area contributed by atoms with Crippen LogP contribution in [0, 0.1) is 0 Å². The van der Waals surface area contributed by atoms with Crippen LogP contribution in [0.15, 0.2) is 4.52 Å². The van der Waals surface area contributed by atoms with Gasteiger partial charge in [0.25, 0.3) is 0 Å². The number of amides is 1. The van der Waals surface area contributed by atoms with Crippen molar-refractivity contribution in [3.8, 4) is 0 Å². The number of sulfone groups is 1. The molecule has 0 unspecified atom stereocenters. The van der Waals surface area contributed by atoms with Gasteiger partial charge in [-0.05, 0) is 12.8 Å². The van der Waals surface area contributed by atoms with Crippen LogP contribution in [-0.2, 0) is 14.6 Å². The van der Waals surface area contributed by atoms with Crippen molar-refractivity contribution in [2.24, 2.45) is 0 Å². The smallest absolute Gasteiger partial charge is 0.237 e. The number of carbonyl (C=O) groups excluding carboxylic acids is 1. The summed E-state index contributed by atoms with van der Waals surface area (Å²) in [5, 5.41) is 4.00. The van der Waals surface area contributed by atoms with Gasteiger partial charge in [-0.15, -0.1) is 0 Å². The van der Waals surface area contributed by atoms with Crippen molar-refractivity contribution in [1.29, 1.82) is 0 Å². The van der Waals surface area contributed by atoms with Crippen molar-refractivity contribution < 1.29 is 17.7 Å². The lowest BCUT2D eigenvalue weighted by molar-refractivity contribution is -0.129. The van der Waals surface area contributed by atoms with E-state index in [0.29, 0.717) is 24.8 Å². The number of nitrogens with zero attached hydrogens (tertiary/aromatic N) is 3. The third kappa shape index (κ3) is 4.06. The summed E-state index contributed by atoms with van der Waals surface area (Å²) in [5.41, 5.74) is 0. The Morgan fingerprint density at radius 3 is 2.77 bits per heavy atom. The summed E-state index contributed by atoms with van der Waals surface area (Å²) in [6, 6.07) is 0. The highest BCUT2D eigenvalue weighted by molar-refractivity contribution is 7.92. The highest BCUT2D eigenvalue weighted by atomic mass is 32.2. The maximum atomic E-state index is 12.1. The maximum absolute atomic E-state index is 12.1. The van der Waals surface area contributed by atoms with Gasteiger partial charge >= 0.3 is 0 Å². The molecule has 7 nitrogen and oxygen atoms in total. The van der Waals surface area contributed by atoms with E-state index in [4.69, 9.17) is 4.52 Å². The Bertz CT molecular complexity index is 624. The normalized spacial score (nSPS) is 19.6. The first-order valence-electron chi connectivity index (χ1n) is 7.64. The zero-order valence-corrected chi connectivity index (χ0v) is 14.1. The average Bonchev–Trinajstić information content (AvgIpc) is 2.97. The fourth-order valence-corrected chi connectivity index (χ4v) is 3.21. The van der Waals surface area contributed by atoms with Gasteiger partial charge < -0.3 is 9.42 Å². The van der Waals surface area contributed by atoms with E-state index in [1.165, 1.54) is 0 Å². The van der Waals surface area contributed by atoms with Crippen LogP contribution in [0.1, 0.15) is 57.2 Å². The topological polar surface area (TPSA) is 93.4 Å². The summed E-state index contributed by atoms with van der Waals surface area (Å²) in [6.45, 7) is 6.54. The number of hydrogen-bond donors (Lipinski definition) is 0. The zero-order valence-electron chi connectivity index (χ0n) is 13.3. The number of likely N-dealkylation sites (tertiary alicyclic amines) is 1. The second kappa shape index (κ2) is 6.76. The van der Waals surface area contributed by atoms with Crippen LogP contribution in [0.5, 0.6) is 0 Å². The molecule has 0 spiro atoms. The molecule has 1 aromatic rings. The molecule has 0 aromatic carbocycles. The van der Waals surface area contributed by atoms with Gasteiger partial charge in [0.15, 0.2) is 15.7 Å². The lowest BCUT2D eigenvalue weighted by atomic mass is 9.97. The molecule has 0 N–H and O–H groups in total. The molecule has 8 heteroatoms. The highest BCUT2D eigenvalue weighted by Crippen LogP contribution is 2.26. The summed E-state index contributed by atoms with van der Waals surface area (Å²) in [7, 11) is -3.30. The summed E-state index contributed by atoms with van der Waals surface area (Å²) in [4.78, 5) is 18.1. The van der Waals surface area contributed by atoms with E-state index in [9.17, 15) is 13.2 Å². The molecular weight excluding hydrogens is 306 g/mol. The molecule has 1 aromatic heterocycles. The molecule has 2 rings (SSSR count). The van der Waals surface area contributed by atoms with E-state index in [1.807, 2.05) is 13.8 Å². The average molecular weight is 329 g/mol. The van der Waals surface area contributed by atoms with E-state index in [2.05, 4.69) is 10.1 Å². The third-order valence-electron chi connectivity index (χ3n) is 3.87.